The van der Waals surface area contributed by atoms with Gasteiger partial charge in [0, 0.05) is 13.1 Å². The molecule has 0 radical (unpaired) electrons. The summed E-state index contributed by atoms with van der Waals surface area (Å²) in [5.41, 5.74) is 0.224. The summed E-state index contributed by atoms with van der Waals surface area (Å²) in [4.78, 5) is 23.9. The molecule has 162 valence electrons. The Kier molecular flexibility index (Phi) is 8.04. The molecule has 0 atom stereocenters. The number of nitrogens with one attached hydrogen (secondary N) is 1. The predicted octanol–water partition coefficient (Wildman–Crippen LogP) is 2.79. The summed E-state index contributed by atoms with van der Waals surface area (Å²) in [5, 5.41) is 2.60. The second kappa shape index (κ2) is 10.1. The Morgan fingerprint density at radius 2 is 1.76 bits per heavy atom. The number of rotatable bonds is 8. The summed E-state index contributed by atoms with van der Waals surface area (Å²) in [5.74, 6) is -1.05. The van der Waals surface area contributed by atoms with Crippen LogP contribution < -0.4 is 10.1 Å². The van der Waals surface area contributed by atoms with Gasteiger partial charge in [0.2, 0.25) is 10.0 Å². The Morgan fingerprint density at radius 1 is 1.10 bits per heavy atom. The van der Waals surface area contributed by atoms with Crippen LogP contribution in [0.4, 0.5) is 5.69 Å². The van der Waals surface area contributed by atoms with Crippen molar-refractivity contribution in [3.63, 3.8) is 0 Å². The molecule has 1 aliphatic rings. The molecule has 1 aromatic carbocycles. The molecule has 8 nitrogen and oxygen atoms in total. The molecule has 0 unspecified atom stereocenters. The fourth-order valence-corrected chi connectivity index (χ4v) is 4.41. The largest absolute Gasteiger partial charge is 0.489 e. The number of nitrogens with zero attached hydrogens (tertiary/aromatic N) is 1. The van der Waals surface area contributed by atoms with Gasteiger partial charge in [0.25, 0.3) is 5.91 Å². The van der Waals surface area contributed by atoms with Crippen molar-refractivity contribution >= 4 is 27.6 Å². The van der Waals surface area contributed by atoms with Gasteiger partial charge in [-0.2, -0.15) is 4.31 Å². The Labute approximate surface area is 172 Å². The van der Waals surface area contributed by atoms with Crippen LogP contribution in [0.25, 0.3) is 0 Å². The topological polar surface area (TPSA) is 102 Å². The lowest BCUT2D eigenvalue weighted by Gasteiger charge is -2.26. The number of carbonyl (C=O) groups is 2. The molecular formula is C20H30N2O6S. The number of hydrogen-bond acceptors (Lipinski definition) is 6. The molecule has 1 N–H and O–H groups in total. The van der Waals surface area contributed by atoms with Crippen molar-refractivity contribution in [2.24, 2.45) is 5.92 Å². The molecule has 1 aromatic rings. The maximum Gasteiger partial charge on any atom is 0.308 e. The van der Waals surface area contributed by atoms with E-state index in [1.54, 1.807) is 13.8 Å². The first-order valence-electron chi connectivity index (χ1n) is 9.88. The smallest absolute Gasteiger partial charge is 0.308 e. The second-order valence-electron chi connectivity index (χ2n) is 7.60. The van der Waals surface area contributed by atoms with E-state index < -0.39 is 28.5 Å². The van der Waals surface area contributed by atoms with E-state index in [9.17, 15) is 18.0 Å². The van der Waals surface area contributed by atoms with Crippen molar-refractivity contribution in [3.05, 3.63) is 18.2 Å². The first kappa shape index (κ1) is 23.2. The molecule has 1 aliphatic heterocycles. The van der Waals surface area contributed by atoms with E-state index in [4.69, 9.17) is 9.47 Å². The molecule has 9 heteroatoms. The normalized spacial score (nSPS) is 15.4. The SMILES string of the molecule is CC(C)Oc1ccc(S(=O)(=O)N2CCCCC2)cc1NC(=O)COC(=O)C(C)C. The lowest BCUT2D eigenvalue weighted by Crippen LogP contribution is -2.35. The molecule has 0 bridgehead atoms. The highest BCUT2D eigenvalue weighted by Crippen LogP contribution is 2.31. The number of anilines is 1. The summed E-state index contributed by atoms with van der Waals surface area (Å²) in [6, 6.07) is 4.41. The molecular weight excluding hydrogens is 396 g/mol. The third-order valence-corrected chi connectivity index (χ3v) is 6.25. The zero-order valence-electron chi connectivity index (χ0n) is 17.4. The van der Waals surface area contributed by atoms with Crippen LogP contribution in [-0.4, -0.2) is 50.4 Å². The van der Waals surface area contributed by atoms with Crippen molar-refractivity contribution in [1.82, 2.24) is 4.31 Å². The third kappa shape index (κ3) is 6.43. The van der Waals surface area contributed by atoms with E-state index in [0.29, 0.717) is 18.8 Å². The predicted molar refractivity (Wildman–Crippen MR) is 109 cm³/mol. The molecule has 29 heavy (non-hydrogen) atoms. The number of ether oxygens (including phenoxy) is 2. The Balaban J connectivity index is 2.24. The first-order valence-corrected chi connectivity index (χ1v) is 11.3. The van der Waals surface area contributed by atoms with Crippen LogP contribution in [-0.2, 0) is 24.3 Å². The summed E-state index contributed by atoms with van der Waals surface area (Å²) in [6.45, 7) is 7.51. The van der Waals surface area contributed by atoms with Gasteiger partial charge in [0.15, 0.2) is 6.61 Å². The zero-order chi connectivity index (χ0) is 21.6. The third-order valence-electron chi connectivity index (χ3n) is 4.36. The number of sulfonamides is 1. The number of benzene rings is 1. The molecule has 0 aliphatic carbocycles. The van der Waals surface area contributed by atoms with Crippen LogP contribution in [0.5, 0.6) is 5.75 Å². The Morgan fingerprint density at radius 3 is 2.34 bits per heavy atom. The van der Waals surface area contributed by atoms with Crippen LogP contribution in [0.1, 0.15) is 47.0 Å². The molecule has 0 spiro atoms. The highest BCUT2D eigenvalue weighted by Gasteiger charge is 2.27. The number of carbonyl (C=O) groups excluding carboxylic acids is 2. The van der Waals surface area contributed by atoms with Crippen LogP contribution in [0.2, 0.25) is 0 Å². The van der Waals surface area contributed by atoms with Gasteiger partial charge in [0.05, 0.1) is 22.6 Å². The van der Waals surface area contributed by atoms with E-state index in [1.807, 2.05) is 13.8 Å². The Hall–Kier alpha value is -2.13. The van der Waals surface area contributed by atoms with E-state index in [2.05, 4.69) is 5.32 Å². The monoisotopic (exact) mass is 426 g/mol. The van der Waals surface area contributed by atoms with Gasteiger partial charge in [-0.3, -0.25) is 9.59 Å². The quantitative estimate of drug-likeness (QED) is 0.642. The van der Waals surface area contributed by atoms with Crippen molar-refractivity contribution < 1.29 is 27.5 Å². The van der Waals surface area contributed by atoms with E-state index >= 15 is 0 Å². The highest BCUT2D eigenvalue weighted by molar-refractivity contribution is 7.89. The number of esters is 1. The van der Waals surface area contributed by atoms with Crippen molar-refractivity contribution in [2.75, 3.05) is 25.0 Å². The average Bonchev–Trinajstić information content (AvgIpc) is 2.67. The van der Waals surface area contributed by atoms with Gasteiger partial charge in [-0.25, -0.2) is 8.42 Å². The van der Waals surface area contributed by atoms with E-state index in [-0.39, 0.29) is 22.6 Å². The molecule has 1 saturated heterocycles. The van der Waals surface area contributed by atoms with Crippen LogP contribution >= 0.6 is 0 Å². The highest BCUT2D eigenvalue weighted by atomic mass is 32.2. The van der Waals surface area contributed by atoms with Gasteiger partial charge >= 0.3 is 5.97 Å². The average molecular weight is 427 g/mol. The fourth-order valence-electron chi connectivity index (χ4n) is 2.87. The van der Waals surface area contributed by atoms with Crippen molar-refractivity contribution in [2.45, 2.75) is 58.0 Å². The second-order valence-corrected chi connectivity index (χ2v) is 9.54. The lowest BCUT2D eigenvalue weighted by molar-refractivity contribution is -0.150. The van der Waals surface area contributed by atoms with Crippen LogP contribution in [0.3, 0.4) is 0 Å². The minimum Gasteiger partial charge on any atom is -0.489 e. The molecule has 1 amide bonds. The standard InChI is InChI=1S/C20H30N2O6S/c1-14(2)20(24)27-13-19(23)21-17-12-16(8-9-18(17)28-15(3)4)29(25,26)22-10-6-5-7-11-22/h8-9,12,14-15H,5-7,10-11,13H2,1-4H3,(H,21,23). The minimum atomic E-state index is -3.66. The van der Waals surface area contributed by atoms with E-state index in [0.717, 1.165) is 19.3 Å². The summed E-state index contributed by atoms with van der Waals surface area (Å²) < 4.78 is 38.0. The van der Waals surface area contributed by atoms with Crippen LogP contribution in [0, 0.1) is 5.92 Å². The van der Waals surface area contributed by atoms with Gasteiger partial charge in [-0.1, -0.05) is 20.3 Å². The van der Waals surface area contributed by atoms with Gasteiger partial charge < -0.3 is 14.8 Å². The summed E-state index contributed by atoms with van der Waals surface area (Å²) >= 11 is 0. The Bertz CT molecular complexity index is 829. The summed E-state index contributed by atoms with van der Waals surface area (Å²) in [7, 11) is -3.66. The van der Waals surface area contributed by atoms with Gasteiger partial charge in [0.1, 0.15) is 5.75 Å². The lowest BCUT2D eigenvalue weighted by atomic mass is 10.2. The molecule has 1 fully saturated rings. The molecule has 0 saturated carbocycles. The van der Waals surface area contributed by atoms with Crippen LogP contribution in [0.15, 0.2) is 23.1 Å². The minimum absolute atomic E-state index is 0.0879. The molecule has 2 rings (SSSR count). The van der Waals surface area contributed by atoms with Crippen molar-refractivity contribution in [3.8, 4) is 5.75 Å². The fraction of sp³-hybridized carbons (Fsp3) is 0.600. The van der Waals surface area contributed by atoms with Gasteiger partial charge in [-0.05, 0) is 44.9 Å². The first-order chi connectivity index (χ1) is 13.6. The maximum atomic E-state index is 13.0. The van der Waals surface area contributed by atoms with Crippen molar-refractivity contribution in [1.29, 1.82) is 0 Å². The molecule has 0 aromatic heterocycles. The number of amides is 1. The molecule has 1 heterocycles. The van der Waals surface area contributed by atoms with Gasteiger partial charge in [-0.15, -0.1) is 0 Å². The number of hydrogen-bond donors (Lipinski definition) is 1. The zero-order valence-corrected chi connectivity index (χ0v) is 18.3. The number of piperidine rings is 1. The summed E-state index contributed by atoms with van der Waals surface area (Å²) in [6.07, 6.45) is 2.51. The maximum absolute atomic E-state index is 13.0. The van der Waals surface area contributed by atoms with E-state index in [1.165, 1.54) is 22.5 Å².